The lowest BCUT2D eigenvalue weighted by molar-refractivity contribution is 0.0835. The SMILES string of the molecule is CC(O)C1CCN(C(C)C(=O)c2ccc(F)c(F)c2)C1. The van der Waals surface area contributed by atoms with E-state index in [1.54, 1.807) is 13.8 Å². The maximum atomic E-state index is 13.2. The van der Waals surface area contributed by atoms with Crippen molar-refractivity contribution >= 4 is 5.78 Å². The molecule has 3 nitrogen and oxygen atoms in total. The molecule has 0 amide bonds. The average Bonchev–Trinajstić information content (AvgIpc) is 2.90. The molecule has 1 aromatic rings. The molecule has 1 aromatic carbocycles. The number of ketones is 1. The van der Waals surface area contributed by atoms with Crippen molar-refractivity contribution in [2.75, 3.05) is 13.1 Å². The molecule has 3 atom stereocenters. The standard InChI is InChI=1S/C15H19F2NO2/c1-9(18-6-5-12(8-18)10(2)19)15(20)11-3-4-13(16)14(17)7-11/h3-4,7,9-10,12,19H,5-6,8H2,1-2H3. The molecule has 20 heavy (non-hydrogen) atoms. The van der Waals surface area contributed by atoms with Crippen LogP contribution in [-0.2, 0) is 0 Å². The van der Waals surface area contributed by atoms with E-state index in [1.165, 1.54) is 6.07 Å². The third kappa shape index (κ3) is 3.04. The van der Waals surface area contributed by atoms with E-state index in [9.17, 15) is 18.7 Å². The summed E-state index contributed by atoms with van der Waals surface area (Å²) in [4.78, 5) is 14.3. The molecule has 0 aromatic heterocycles. The number of halogens is 2. The van der Waals surface area contributed by atoms with Gasteiger partial charge in [0.05, 0.1) is 12.1 Å². The van der Waals surface area contributed by atoms with Gasteiger partial charge in [-0.1, -0.05) is 0 Å². The van der Waals surface area contributed by atoms with Gasteiger partial charge in [-0.25, -0.2) is 8.78 Å². The number of likely N-dealkylation sites (tertiary alicyclic amines) is 1. The second-order valence-corrected chi connectivity index (χ2v) is 5.45. The Balaban J connectivity index is 2.07. The van der Waals surface area contributed by atoms with Crippen molar-refractivity contribution in [1.82, 2.24) is 4.90 Å². The number of nitrogens with zero attached hydrogens (tertiary/aromatic N) is 1. The summed E-state index contributed by atoms with van der Waals surface area (Å²) in [6, 6.07) is 2.82. The summed E-state index contributed by atoms with van der Waals surface area (Å²) in [5, 5.41) is 9.57. The summed E-state index contributed by atoms with van der Waals surface area (Å²) in [6.45, 7) is 4.88. The molecule has 1 aliphatic heterocycles. The lowest BCUT2D eigenvalue weighted by Gasteiger charge is -2.23. The molecule has 0 aliphatic carbocycles. The van der Waals surface area contributed by atoms with Crippen molar-refractivity contribution in [2.45, 2.75) is 32.4 Å². The number of Topliss-reactive ketones (excluding diaryl/α,β-unsaturated/α-hetero) is 1. The molecular formula is C15H19F2NO2. The monoisotopic (exact) mass is 283 g/mol. The molecule has 2 rings (SSSR count). The molecule has 0 saturated carbocycles. The van der Waals surface area contributed by atoms with Crippen LogP contribution < -0.4 is 0 Å². The zero-order valence-corrected chi connectivity index (χ0v) is 11.6. The maximum absolute atomic E-state index is 13.2. The van der Waals surface area contributed by atoms with Crippen LogP contribution in [-0.4, -0.2) is 41.0 Å². The minimum Gasteiger partial charge on any atom is -0.393 e. The highest BCUT2D eigenvalue weighted by Crippen LogP contribution is 2.23. The molecule has 5 heteroatoms. The quantitative estimate of drug-likeness (QED) is 0.862. The second-order valence-electron chi connectivity index (χ2n) is 5.45. The zero-order valence-electron chi connectivity index (χ0n) is 11.6. The smallest absolute Gasteiger partial charge is 0.179 e. The van der Waals surface area contributed by atoms with E-state index in [0.717, 1.165) is 25.1 Å². The highest BCUT2D eigenvalue weighted by Gasteiger charge is 2.32. The number of carbonyl (C=O) groups excluding carboxylic acids is 1. The van der Waals surface area contributed by atoms with Crippen molar-refractivity contribution < 1.29 is 18.7 Å². The Morgan fingerprint density at radius 2 is 2.05 bits per heavy atom. The summed E-state index contributed by atoms with van der Waals surface area (Å²) in [7, 11) is 0. The second kappa shape index (κ2) is 5.97. The van der Waals surface area contributed by atoms with Gasteiger partial charge in [0.25, 0.3) is 0 Å². The number of aliphatic hydroxyl groups excluding tert-OH is 1. The Kier molecular flexibility index (Phi) is 4.50. The lowest BCUT2D eigenvalue weighted by atomic mass is 10.0. The number of carbonyl (C=O) groups is 1. The molecule has 0 bridgehead atoms. The Bertz CT molecular complexity index is 505. The predicted octanol–water partition coefficient (Wildman–Crippen LogP) is 2.24. The van der Waals surface area contributed by atoms with Crippen molar-refractivity contribution in [3.05, 3.63) is 35.4 Å². The Hall–Kier alpha value is -1.33. The van der Waals surface area contributed by atoms with Gasteiger partial charge in [-0.3, -0.25) is 9.69 Å². The van der Waals surface area contributed by atoms with Crippen LogP contribution in [0.1, 0.15) is 30.6 Å². The van der Waals surface area contributed by atoms with Gasteiger partial charge in [-0.15, -0.1) is 0 Å². The minimum absolute atomic E-state index is 0.162. The third-order valence-corrected chi connectivity index (χ3v) is 4.07. The molecule has 1 aliphatic rings. The van der Waals surface area contributed by atoms with Gasteiger partial charge >= 0.3 is 0 Å². The van der Waals surface area contributed by atoms with Gasteiger partial charge in [0, 0.05) is 12.1 Å². The summed E-state index contributed by atoms with van der Waals surface area (Å²) < 4.78 is 26.1. The lowest BCUT2D eigenvalue weighted by Crippen LogP contribution is -2.38. The van der Waals surface area contributed by atoms with E-state index >= 15 is 0 Å². The maximum Gasteiger partial charge on any atom is 0.179 e. The molecule has 110 valence electrons. The van der Waals surface area contributed by atoms with Crippen LogP contribution in [0.4, 0.5) is 8.78 Å². The highest BCUT2D eigenvalue weighted by atomic mass is 19.2. The summed E-state index contributed by atoms with van der Waals surface area (Å²) >= 11 is 0. The first-order valence-electron chi connectivity index (χ1n) is 6.81. The number of hydrogen-bond acceptors (Lipinski definition) is 3. The Morgan fingerprint density at radius 3 is 2.60 bits per heavy atom. The normalized spacial score (nSPS) is 22.8. The number of benzene rings is 1. The topological polar surface area (TPSA) is 40.5 Å². The third-order valence-electron chi connectivity index (χ3n) is 4.07. The molecule has 1 fully saturated rings. The Labute approximate surface area is 117 Å². The van der Waals surface area contributed by atoms with Crippen LogP contribution >= 0.6 is 0 Å². The van der Waals surface area contributed by atoms with E-state index in [-0.39, 0.29) is 17.3 Å². The number of rotatable bonds is 4. The van der Waals surface area contributed by atoms with Crippen LogP contribution in [0.5, 0.6) is 0 Å². The van der Waals surface area contributed by atoms with Gasteiger partial charge < -0.3 is 5.11 Å². The fraction of sp³-hybridized carbons (Fsp3) is 0.533. The summed E-state index contributed by atoms with van der Waals surface area (Å²) in [5.74, 6) is -2.03. The first-order valence-corrected chi connectivity index (χ1v) is 6.81. The van der Waals surface area contributed by atoms with Crippen molar-refractivity contribution in [3.8, 4) is 0 Å². The molecule has 1 heterocycles. The van der Waals surface area contributed by atoms with Gasteiger partial charge in [0.1, 0.15) is 0 Å². The largest absolute Gasteiger partial charge is 0.393 e. The fourth-order valence-corrected chi connectivity index (χ4v) is 2.62. The molecule has 1 N–H and O–H groups in total. The van der Waals surface area contributed by atoms with Gasteiger partial charge in [0.2, 0.25) is 0 Å². The molecule has 1 saturated heterocycles. The molecular weight excluding hydrogens is 264 g/mol. The van der Waals surface area contributed by atoms with Crippen molar-refractivity contribution in [1.29, 1.82) is 0 Å². The van der Waals surface area contributed by atoms with E-state index in [1.807, 2.05) is 4.90 Å². The van der Waals surface area contributed by atoms with Crippen molar-refractivity contribution in [2.24, 2.45) is 5.92 Å². The van der Waals surface area contributed by atoms with Crippen molar-refractivity contribution in [3.63, 3.8) is 0 Å². The van der Waals surface area contributed by atoms with E-state index in [2.05, 4.69) is 0 Å². The van der Waals surface area contributed by atoms with Gasteiger partial charge in [-0.2, -0.15) is 0 Å². The van der Waals surface area contributed by atoms with E-state index in [4.69, 9.17) is 0 Å². The van der Waals surface area contributed by atoms with Crippen LogP contribution in [0.15, 0.2) is 18.2 Å². The first-order chi connectivity index (χ1) is 9.40. The first kappa shape index (κ1) is 15.1. The van der Waals surface area contributed by atoms with E-state index in [0.29, 0.717) is 6.54 Å². The summed E-state index contributed by atoms with van der Waals surface area (Å²) in [5.41, 5.74) is 0.178. The fourth-order valence-electron chi connectivity index (χ4n) is 2.62. The van der Waals surface area contributed by atoms with Gasteiger partial charge in [0.15, 0.2) is 17.4 Å². The molecule has 3 unspecified atom stereocenters. The van der Waals surface area contributed by atoms with Gasteiger partial charge in [-0.05, 0) is 50.9 Å². The number of hydrogen-bond donors (Lipinski definition) is 1. The van der Waals surface area contributed by atoms with Crippen LogP contribution in [0.25, 0.3) is 0 Å². The average molecular weight is 283 g/mol. The van der Waals surface area contributed by atoms with Crippen LogP contribution in [0.3, 0.4) is 0 Å². The molecule has 0 radical (unpaired) electrons. The predicted molar refractivity (Wildman–Crippen MR) is 71.5 cm³/mol. The van der Waals surface area contributed by atoms with Crippen LogP contribution in [0.2, 0.25) is 0 Å². The molecule has 0 spiro atoms. The zero-order chi connectivity index (χ0) is 14.9. The van der Waals surface area contributed by atoms with Crippen LogP contribution in [0, 0.1) is 17.6 Å². The van der Waals surface area contributed by atoms with E-state index < -0.39 is 23.8 Å². The Morgan fingerprint density at radius 1 is 1.35 bits per heavy atom. The summed E-state index contributed by atoms with van der Waals surface area (Å²) in [6.07, 6.45) is 0.443. The number of aliphatic hydroxyl groups is 1. The highest BCUT2D eigenvalue weighted by molar-refractivity contribution is 5.99. The minimum atomic E-state index is -1.01.